The Labute approximate surface area is 189 Å². The smallest absolute Gasteiger partial charge is 0.227 e. The van der Waals surface area contributed by atoms with Gasteiger partial charge in [-0.25, -0.2) is 9.97 Å². The van der Waals surface area contributed by atoms with Crippen molar-refractivity contribution in [3.05, 3.63) is 78.6 Å². The van der Waals surface area contributed by atoms with Gasteiger partial charge in [0.1, 0.15) is 18.9 Å². The molecule has 1 N–H and O–H groups in total. The van der Waals surface area contributed by atoms with E-state index in [1.54, 1.807) is 17.0 Å². The first-order chi connectivity index (χ1) is 16.2. The minimum atomic E-state index is 0.474. The number of nitrogens with zero attached hydrogens (tertiary/aromatic N) is 5. The zero-order valence-corrected chi connectivity index (χ0v) is 17.9. The van der Waals surface area contributed by atoms with E-state index in [2.05, 4.69) is 46.6 Å². The Kier molecular flexibility index (Phi) is 4.61. The summed E-state index contributed by atoms with van der Waals surface area (Å²) in [5, 5.41) is 12.4. The Hall–Kier alpha value is -4.46. The van der Waals surface area contributed by atoms with Gasteiger partial charge >= 0.3 is 0 Å². The van der Waals surface area contributed by atoms with E-state index in [4.69, 9.17) is 19.6 Å². The normalized spacial score (nSPS) is 12.6. The summed E-state index contributed by atoms with van der Waals surface area (Å²) in [6, 6.07) is 19.7. The van der Waals surface area contributed by atoms with Gasteiger partial charge in [0, 0.05) is 29.7 Å². The van der Waals surface area contributed by atoms with Crippen LogP contribution in [0.3, 0.4) is 0 Å². The summed E-state index contributed by atoms with van der Waals surface area (Å²) in [4.78, 5) is 9.21. The van der Waals surface area contributed by atoms with Crippen LogP contribution in [0.5, 0.6) is 11.5 Å². The topological polar surface area (TPSA) is 86.5 Å². The van der Waals surface area contributed by atoms with Gasteiger partial charge in [-0.2, -0.15) is 9.73 Å². The second kappa shape index (κ2) is 7.90. The largest absolute Gasteiger partial charge is 0.486 e. The Morgan fingerprint density at radius 1 is 0.909 bits per heavy atom. The lowest BCUT2D eigenvalue weighted by Gasteiger charge is -2.19. The fourth-order valence-electron chi connectivity index (χ4n) is 3.87. The van der Waals surface area contributed by atoms with Crippen LogP contribution in [0.25, 0.3) is 28.0 Å². The number of hydrogen-bond acceptors (Lipinski definition) is 7. The van der Waals surface area contributed by atoms with Crippen LogP contribution >= 0.6 is 0 Å². The lowest BCUT2D eigenvalue weighted by Crippen LogP contribution is -2.15. The van der Waals surface area contributed by atoms with Crippen LogP contribution in [0.15, 0.2) is 73.1 Å². The summed E-state index contributed by atoms with van der Waals surface area (Å²) >= 11 is 0. The van der Waals surface area contributed by atoms with Crippen molar-refractivity contribution in [2.45, 2.75) is 6.92 Å². The van der Waals surface area contributed by atoms with Crippen molar-refractivity contribution in [2.75, 3.05) is 18.5 Å². The minimum Gasteiger partial charge on any atom is -0.486 e. The van der Waals surface area contributed by atoms with Gasteiger partial charge in [-0.05, 0) is 37.3 Å². The third-order valence-corrected chi connectivity index (χ3v) is 5.45. The van der Waals surface area contributed by atoms with Crippen LogP contribution < -0.4 is 14.8 Å². The molecule has 8 nitrogen and oxygen atoms in total. The molecule has 0 radical (unpaired) electrons. The van der Waals surface area contributed by atoms with Gasteiger partial charge < -0.3 is 14.8 Å². The first-order valence-corrected chi connectivity index (χ1v) is 10.7. The molecule has 0 unspecified atom stereocenters. The van der Waals surface area contributed by atoms with E-state index in [1.807, 2.05) is 36.4 Å². The van der Waals surface area contributed by atoms with Gasteiger partial charge in [-0.3, -0.25) is 0 Å². The molecule has 1 aliphatic heterocycles. The summed E-state index contributed by atoms with van der Waals surface area (Å²) in [5.74, 6) is 1.92. The number of nitrogens with one attached hydrogen (secondary N) is 1. The highest BCUT2D eigenvalue weighted by Crippen LogP contribution is 2.35. The third kappa shape index (κ3) is 3.61. The molecule has 33 heavy (non-hydrogen) atoms. The van der Waals surface area contributed by atoms with Gasteiger partial charge in [-0.1, -0.05) is 29.8 Å². The highest BCUT2D eigenvalue weighted by molar-refractivity contribution is 5.90. The molecule has 4 heterocycles. The van der Waals surface area contributed by atoms with Crippen molar-refractivity contribution in [2.24, 2.45) is 0 Å². The number of anilines is 2. The van der Waals surface area contributed by atoms with Crippen LogP contribution in [-0.4, -0.2) is 38.0 Å². The van der Waals surface area contributed by atoms with Gasteiger partial charge in [0.2, 0.25) is 5.95 Å². The number of aromatic nitrogens is 5. The van der Waals surface area contributed by atoms with Gasteiger partial charge in [0.25, 0.3) is 0 Å². The predicted octanol–water partition coefficient (Wildman–Crippen LogP) is 4.68. The monoisotopic (exact) mass is 436 g/mol. The number of fused-ring (bicyclic) bond motifs is 2. The Balaban J connectivity index is 1.42. The number of hydrogen-bond donors (Lipinski definition) is 1. The molecule has 0 saturated carbocycles. The van der Waals surface area contributed by atoms with E-state index in [0.29, 0.717) is 24.9 Å². The van der Waals surface area contributed by atoms with Crippen LogP contribution in [0.1, 0.15) is 5.56 Å². The van der Waals surface area contributed by atoms with Crippen molar-refractivity contribution in [1.29, 1.82) is 0 Å². The minimum absolute atomic E-state index is 0.474. The van der Waals surface area contributed by atoms with Crippen molar-refractivity contribution in [3.63, 3.8) is 0 Å². The van der Waals surface area contributed by atoms with Crippen LogP contribution in [0.2, 0.25) is 0 Å². The Morgan fingerprint density at radius 2 is 1.76 bits per heavy atom. The maximum atomic E-state index is 5.68. The number of aryl methyl sites for hydroxylation is 1. The maximum absolute atomic E-state index is 5.68. The SMILES string of the molecule is Cc1ccc(-c2nn3ncccc3c2-c2ccnc(Nc3ccc4c(c3)OCCO4)n2)cc1. The second-order valence-electron chi connectivity index (χ2n) is 7.74. The van der Waals surface area contributed by atoms with E-state index in [-0.39, 0.29) is 0 Å². The molecule has 162 valence electrons. The van der Waals surface area contributed by atoms with E-state index in [9.17, 15) is 0 Å². The van der Waals surface area contributed by atoms with E-state index in [1.165, 1.54) is 5.56 Å². The average Bonchev–Trinajstić information content (AvgIpc) is 3.24. The molecule has 0 amide bonds. The lowest BCUT2D eigenvalue weighted by molar-refractivity contribution is 0.171. The van der Waals surface area contributed by atoms with Gasteiger partial charge in [-0.15, -0.1) is 5.10 Å². The predicted molar refractivity (Wildman–Crippen MR) is 125 cm³/mol. The number of rotatable bonds is 4. The molecule has 0 fully saturated rings. The number of ether oxygens (including phenoxy) is 2. The number of benzene rings is 2. The standard InChI is InChI=1S/C25H20N6O2/c1-16-4-6-17(7-5-16)24-23(20-3-2-11-27-31(20)30-24)19-10-12-26-25(29-19)28-18-8-9-21-22(15-18)33-14-13-32-21/h2-12,15H,13-14H2,1H3,(H,26,28,29). The zero-order valence-electron chi connectivity index (χ0n) is 17.9. The zero-order chi connectivity index (χ0) is 22.2. The molecule has 3 aromatic heterocycles. The molecular formula is C25H20N6O2. The molecule has 2 aromatic carbocycles. The molecule has 0 bridgehead atoms. The van der Waals surface area contributed by atoms with Crippen molar-refractivity contribution < 1.29 is 9.47 Å². The van der Waals surface area contributed by atoms with Crippen LogP contribution in [0.4, 0.5) is 11.6 Å². The maximum Gasteiger partial charge on any atom is 0.227 e. The summed E-state index contributed by atoms with van der Waals surface area (Å²) in [6.07, 6.45) is 3.46. The van der Waals surface area contributed by atoms with Crippen molar-refractivity contribution >= 4 is 17.2 Å². The van der Waals surface area contributed by atoms with Crippen LogP contribution in [0, 0.1) is 6.92 Å². The highest BCUT2D eigenvalue weighted by Gasteiger charge is 2.19. The lowest BCUT2D eigenvalue weighted by atomic mass is 10.0. The van der Waals surface area contributed by atoms with E-state index >= 15 is 0 Å². The summed E-state index contributed by atoms with van der Waals surface area (Å²) < 4.78 is 12.9. The Bertz CT molecular complexity index is 1460. The molecular weight excluding hydrogens is 416 g/mol. The fourth-order valence-corrected chi connectivity index (χ4v) is 3.87. The molecule has 0 saturated heterocycles. The second-order valence-corrected chi connectivity index (χ2v) is 7.74. The fraction of sp³-hybridized carbons (Fsp3) is 0.120. The van der Waals surface area contributed by atoms with Crippen molar-refractivity contribution in [3.8, 4) is 34.0 Å². The molecule has 0 atom stereocenters. The third-order valence-electron chi connectivity index (χ3n) is 5.45. The average molecular weight is 436 g/mol. The summed E-state index contributed by atoms with van der Waals surface area (Å²) in [7, 11) is 0. The van der Waals surface area contributed by atoms with E-state index in [0.717, 1.165) is 39.5 Å². The summed E-state index contributed by atoms with van der Waals surface area (Å²) in [6.45, 7) is 3.16. The van der Waals surface area contributed by atoms with Gasteiger partial charge in [0.05, 0.1) is 16.8 Å². The Morgan fingerprint density at radius 3 is 2.64 bits per heavy atom. The van der Waals surface area contributed by atoms with Crippen LogP contribution in [-0.2, 0) is 0 Å². The highest BCUT2D eigenvalue weighted by atomic mass is 16.6. The van der Waals surface area contributed by atoms with Gasteiger partial charge in [0.15, 0.2) is 11.5 Å². The molecule has 0 spiro atoms. The molecule has 8 heteroatoms. The molecule has 1 aliphatic rings. The first-order valence-electron chi connectivity index (χ1n) is 10.7. The summed E-state index contributed by atoms with van der Waals surface area (Å²) in [5.41, 5.74) is 6.35. The quantitative estimate of drug-likeness (QED) is 0.438. The first kappa shape index (κ1) is 19.2. The van der Waals surface area contributed by atoms with E-state index < -0.39 is 0 Å². The molecule has 6 rings (SSSR count). The molecule has 0 aliphatic carbocycles. The molecule has 5 aromatic rings. The van der Waals surface area contributed by atoms with Crippen molar-refractivity contribution in [1.82, 2.24) is 24.8 Å².